The van der Waals surface area contributed by atoms with Crippen molar-refractivity contribution in [3.63, 3.8) is 0 Å². The molecule has 0 radical (unpaired) electrons. The zero-order chi connectivity index (χ0) is 32.4. The van der Waals surface area contributed by atoms with E-state index in [-0.39, 0.29) is 30.0 Å². The second-order valence-electron chi connectivity index (χ2n) is 12.5. The number of ether oxygens (including phenoxy) is 1. The molecule has 244 valence electrons. The molecule has 3 aliphatic rings. The molecule has 11 nitrogen and oxygen atoms in total. The molecule has 46 heavy (non-hydrogen) atoms. The lowest BCUT2D eigenvalue weighted by molar-refractivity contribution is -0.126. The van der Waals surface area contributed by atoms with Crippen LogP contribution < -0.4 is 15.1 Å². The van der Waals surface area contributed by atoms with Gasteiger partial charge in [0.15, 0.2) is 0 Å². The Balaban J connectivity index is 1.29. The van der Waals surface area contributed by atoms with Crippen molar-refractivity contribution < 1.29 is 22.3 Å². The molecule has 1 amide bonds. The highest BCUT2D eigenvalue weighted by molar-refractivity contribution is 7.90. The van der Waals surface area contributed by atoms with E-state index in [0.29, 0.717) is 56.7 Å². The second kappa shape index (κ2) is 13.4. The number of nitrogens with zero attached hydrogens (tertiary/aromatic N) is 6. The molecule has 1 aromatic carbocycles. The molecule has 6 rings (SSSR count). The van der Waals surface area contributed by atoms with E-state index >= 15 is 0 Å². The van der Waals surface area contributed by atoms with Crippen LogP contribution in [0.5, 0.6) is 0 Å². The van der Waals surface area contributed by atoms with Crippen LogP contribution in [0.15, 0.2) is 36.7 Å². The second-order valence-corrected chi connectivity index (χ2v) is 14.7. The van der Waals surface area contributed by atoms with Crippen molar-refractivity contribution in [3.8, 4) is 11.8 Å². The van der Waals surface area contributed by atoms with Crippen molar-refractivity contribution in [1.29, 1.82) is 0 Å². The first-order valence-corrected chi connectivity index (χ1v) is 17.8. The molecule has 0 spiro atoms. The van der Waals surface area contributed by atoms with E-state index in [4.69, 9.17) is 9.72 Å². The maximum absolute atomic E-state index is 14.6. The Morgan fingerprint density at radius 2 is 1.89 bits per heavy atom. The molecule has 13 heteroatoms. The zero-order valence-corrected chi connectivity index (χ0v) is 27.3. The highest BCUT2D eigenvalue weighted by Crippen LogP contribution is 2.39. The molecule has 3 atom stereocenters. The number of rotatable bonds is 8. The van der Waals surface area contributed by atoms with Crippen molar-refractivity contribution in [2.75, 3.05) is 73.5 Å². The third kappa shape index (κ3) is 7.03. The molecular weight excluding hydrogens is 609 g/mol. The van der Waals surface area contributed by atoms with Crippen LogP contribution in [-0.2, 0) is 19.4 Å². The maximum atomic E-state index is 14.6. The largest absolute Gasteiger partial charge is 0.378 e. The lowest BCUT2D eigenvalue weighted by Crippen LogP contribution is -2.49. The molecule has 5 heterocycles. The number of carbonyl (C=O) groups is 1. The summed E-state index contributed by atoms with van der Waals surface area (Å²) in [5.41, 5.74) is 2.13. The SMILES string of the molecule is CC#CC(=O)N1CCC[C@@H](c2ccc(N3CC(CS(C)(=O)=O)C3)c3cnc(Nc4ccnc(N5CC[C@@H](OC)[C@@H](F)C5)n4)cc23)C1. The van der Waals surface area contributed by atoms with Gasteiger partial charge in [-0.05, 0) is 61.3 Å². The molecule has 0 saturated carbocycles. The van der Waals surface area contributed by atoms with E-state index in [1.165, 1.54) is 13.4 Å². The molecule has 0 bridgehead atoms. The molecule has 1 N–H and O–H groups in total. The average Bonchev–Trinajstić information content (AvgIpc) is 3.02. The fraction of sp³-hybridized carbons (Fsp3) is 0.515. The highest BCUT2D eigenvalue weighted by atomic mass is 32.2. The number of hydrogen-bond acceptors (Lipinski definition) is 10. The smallest absolute Gasteiger partial charge is 0.298 e. The number of benzene rings is 1. The van der Waals surface area contributed by atoms with Crippen molar-refractivity contribution >= 4 is 49.8 Å². The van der Waals surface area contributed by atoms with E-state index in [2.05, 4.69) is 44.2 Å². The van der Waals surface area contributed by atoms with Crippen LogP contribution in [-0.4, -0.2) is 105 Å². The topological polar surface area (TPSA) is 121 Å². The number of sulfone groups is 1. The summed E-state index contributed by atoms with van der Waals surface area (Å²) in [6, 6.07) is 7.99. The minimum Gasteiger partial charge on any atom is -0.378 e. The summed E-state index contributed by atoms with van der Waals surface area (Å²) in [7, 11) is -1.52. The summed E-state index contributed by atoms with van der Waals surface area (Å²) in [6.07, 6.45) is 5.60. The fourth-order valence-electron chi connectivity index (χ4n) is 6.88. The minimum atomic E-state index is -3.05. The predicted octanol–water partition coefficient (Wildman–Crippen LogP) is 3.54. The number of piperidine rings is 2. The number of pyridine rings is 1. The zero-order valence-electron chi connectivity index (χ0n) is 26.4. The van der Waals surface area contributed by atoms with Gasteiger partial charge in [0.1, 0.15) is 27.6 Å². The van der Waals surface area contributed by atoms with Crippen molar-refractivity contribution in [2.45, 2.75) is 44.4 Å². The summed E-state index contributed by atoms with van der Waals surface area (Å²) in [5.74, 6) is 7.21. The van der Waals surface area contributed by atoms with Crippen LogP contribution in [0.25, 0.3) is 10.8 Å². The molecule has 3 fully saturated rings. The number of anilines is 4. The number of aromatic nitrogens is 3. The van der Waals surface area contributed by atoms with Crippen molar-refractivity contribution in [2.24, 2.45) is 5.92 Å². The van der Waals surface area contributed by atoms with Gasteiger partial charge in [-0.1, -0.05) is 12.0 Å². The van der Waals surface area contributed by atoms with Gasteiger partial charge in [-0.25, -0.2) is 22.8 Å². The number of nitrogens with one attached hydrogen (secondary N) is 1. The van der Waals surface area contributed by atoms with E-state index in [9.17, 15) is 17.6 Å². The van der Waals surface area contributed by atoms with Crippen LogP contribution >= 0.6 is 0 Å². The number of halogens is 1. The van der Waals surface area contributed by atoms with Gasteiger partial charge in [-0.15, -0.1) is 0 Å². The quantitative estimate of drug-likeness (QED) is 0.363. The summed E-state index contributed by atoms with van der Waals surface area (Å²) < 4.78 is 43.6. The monoisotopic (exact) mass is 649 g/mol. The third-order valence-corrected chi connectivity index (χ3v) is 10.2. The van der Waals surface area contributed by atoms with Gasteiger partial charge < -0.3 is 24.8 Å². The summed E-state index contributed by atoms with van der Waals surface area (Å²) in [6.45, 7) is 5.01. The molecule has 3 aromatic rings. The number of fused-ring (bicyclic) bond motifs is 1. The van der Waals surface area contributed by atoms with Gasteiger partial charge in [-0.2, -0.15) is 4.98 Å². The minimum absolute atomic E-state index is 0.0936. The molecule has 3 aliphatic heterocycles. The highest BCUT2D eigenvalue weighted by Gasteiger charge is 2.33. The Kier molecular flexibility index (Phi) is 9.29. The summed E-state index contributed by atoms with van der Waals surface area (Å²) in [5, 5.41) is 5.30. The van der Waals surface area contributed by atoms with Crippen LogP contribution in [0.3, 0.4) is 0 Å². The van der Waals surface area contributed by atoms with Crippen molar-refractivity contribution in [1.82, 2.24) is 19.9 Å². The predicted molar refractivity (Wildman–Crippen MR) is 177 cm³/mol. The van der Waals surface area contributed by atoms with Crippen LogP contribution in [0.4, 0.5) is 27.7 Å². The number of amides is 1. The Labute approximate surface area is 269 Å². The first-order valence-electron chi connectivity index (χ1n) is 15.7. The normalized spacial score (nSPS) is 22.3. The Hall–Kier alpha value is -4.02. The third-order valence-electron chi connectivity index (χ3n) is 9.09. The van der Waals surface area contributed by atoms with Gasteiger partial charge in [0.2, 0.25) is 5.95 Å². The van der Waals surface area contributed by atoms with E-state index in [1.54, 1.807) is 19.2 Å². The first kappa shape index (κ1) is 31.9. The van der Waals surface area contributed by atoms with Crippen LogP contribution in [0.2, 0.25) is 0 Å². The van der Waals surface area contributed by atoms with Gasteiger partial charge in [0.05, 0.1) is 18.4 Å². The summed E-state index contributed by atoms with van der Waals surface area (Å²) in [4.78, 5) is 32.3. The molecular formula is C33H40FN7O4S. The molecule has 0 aliphatic carbocycles. The van der Waals surface area contributed by atoms with E-state index < -0.39 is 22.1 Å². The lowest BCUT2D eigenvalue weighted by Gasteiger charge is -2.41. The number of alkyl halides is 1. The maximum Gasteiger partial charge on any atom is 0.298 e. The summed E-state index contributed by atoms with van der Waals surface area (Å²) >= 11 is 0. The number of carbonyl (C=O) groups excluding carboxylic acids is 1. The Bertz CT molecular complexity index is 1770. The molecule has 2 aromatic heterocycles. The fourth-order valence-corrected chi connectivity index (χ4v) is 7.95. The lowest BCUT2D eigenvalue weighted by atomic mass is 9.86. The van der Waals surface area contributed by atoms with Gasteiger partial charge in [0.25, 0.3) is 5.91 Å². The average molecular weight is 650 g/mol. The number of likely N-dealkylation sites (tertiary alicyclic amines) is 1. The Morgan fingerprint density at radius 1 is 1.07 bits per heavy atom. The first-order chi connectivity index (χ1) is 22.1. The standard InChI is InChI=1S/C33H40FN7O4S/c1-4-6-32(42)39-13-5-7-23(19-39)24-8-9-28(41-17-22(18-41)21-46(3,43)44)26-16-36-31(15-25(24)26)37-30-10-12-35-33(38-30)40-14-11-29(45-2)27(34)20-40/h8-10,12,15-16,22-23,27,29H,5,7,11,13-14,17-21H2,1-3H3,(H,35,36,37,38)/t23-,27+,29-/m1/s1. The van der Waals surface area contributed by atoms with Crippen LogP contribution in [0, 0.1) is 17.8 Å². The number of methoxy groups -OCH3 is 1. The van der Waals surface area contributed by atoms with E-state index in [0.717, 1.165) is 34.9 Å². The van der Waals surface area contributed by atoms with Crippen molar-refractivity contribution in [3.05, 3.63) is 42.2 Å². The van der Waals surface area contributed by atoms with Gasteiger partial charge >= 0.3 is 0 Å². The number of hydrogen-bond donors (Lipinski definition) is 1. The molecule has 0 unspecified atom stereocenters. The Morgan fingerprint density at radius 3 is 2.63 bits per heavy atom. The van der Waals surface area contributed by atoms with E-state index in [1.807, 2.05) is 22.1 Å². The van der Waals surface area contributed by atoms with Gasteiger partial charge in [0, 0.05) is 81.4 Å². The van der Waals surface area contributed by atoms with Gasteiger partial charge in [-0.3, -0.25) is 4.79 Å². The molecule has 3 saturated heterocycles. The van der Waals surface area contributed by atoms with Crippen LogP contribution in [0.1, 0.15) is 37.7 Å².